The van der Waals surface area contributed by atoms with Crippen molar-refractivity contribution >= 4 is 11.4 Å². The van der Waals surface area contributed by atoms with E-state index >= 15 is 0 Å². The quantitative estimate of drug-likeness (QED) is 0.512. The summed E-state index contributed by atoms with van der Waals surface area (Å²) in [6.07, 6.45) is 0. The highest BCUT2D eigenvalue weighted by molar-refractivity contribution is 6.13. The number of nitrogens with zero attached hydrogens (tertiary/aromatic N) is 1. The van der Waals surface area contributed by atoms with Gasteiger partial charge in [0.2, 0.25) is 0 Å². The average molecular weight is 318 g/mol. The first-order valence-corrected chi connectivity index (χ1v) is 7.86. The number of benzene rings is 3. The van der Waals surface area contributed by atoms with E-state index in [2.05, 4.69) is 30.4 Å². The summed E-state index contributed by atoms with van der Waals surface area (Å²) in [4.78, 5) is 0. The first kappa shape index (κ1) is 15.9. The monoisotopic (exact) mass is 318 g/mol. The minimum absolute atomic E-state index is 0.256. The van der Waals surface area contributed by atoms with Crippen molar-refractivity contribution in [3.8, 4) is 0 Å². The van der Waals surface area contributed by atoms with Gasteiger partial charge in [-0.25, -0.2) is 4.39 Å². The molecule has 3 rings (SSSR count). The van der Waals surface area contributed by atoms with E-state index in [1.54, 1.807) is 12.1 Å². The van der Waals surface area contributed by atoms with Crippen LogP contribution in [-0.2, 0) is 0 Å². The van der Waals surface area contributed by atoms with Crippen LogP contribution in [0.2, 0.25) is 0 Å². The summed E-state index contributed by atoms with van der Waals surface area (Å²) >= 11 is 0. The zero-order valence-corrected chi connectivity index (χ0v) is 13.8. The number of nitrogens with one attached hydrogen (secondary N) is 1. The molecule has 0 fully saturated rings. The van der Waals surface area contributed by atoms with Crippen LogP contribution < -0.4 is 5.43 Å². The fraction of sp³-hybridized carbons (Fsp3) is 0.0952. The number of anilines is 1. The molecule has 0 atom stereocenters. The molecule has 0 aliphatic carbocycles. The van der Waals surface area contributed by atoms with Gasteiger partial charge >= 0.3 is 0 Å². The number of hydrazone groups is 1. The van der Waals surface area contributed by atoms with Gasteiger partial charge in [0.05, 0.1) is 11.4 Å². The zero-order valence-electron chi connectivity index (χ0n) is 13.8. The highest BCUT2D eigenvalue weighted by atomic mass is 19.1. The van der Waals surface area contributed by atoms with Crippen LogP contribution in [0.15, 0.2) is 77.9 Å². The first-order valence-electron chi connectivity index (χ1n) is 7.86. The second-order valence-electron chi connectivity index (χ2n) is 5.69. The maximum absolute atomic E-state index is 13.2. The lowest BCUT2D eigenvalue weighted by molar-refractivity contribution is 0.628. The summed E-state index contributed by atoms with van der Waals surface area (Å²) in [6, 6.07) is 22.3. The summed E-state index contributed by atoms with van der Waals surface area (Å²) in [5.74, 6) is -0.256. The van der Waals surface area contributed by atoms with Crippen LogP contribution in [0.3, 0.4) is 0 Å². The summed E-state index contributed by atoms with van der Waals surface area (Å²) < 4.78 is 13.2. The van der Waals surface area contributed by atoms with Crippen LogP contribution in [0.1, 0.15) is 22.3 Å². The predicted molar refractivity (Wildman–Crippen MR) is 98.0 cm³/mol. The van der Waals surface area contributed by atoms with Gasteiger partial charge in [-0.2, -0.15) is 5.10 Å². The molecule has 1 N–H and O–H groups in total. The van der Waals surface area contributed by atoms with Gasteiger partial charge in [0, 0.05) is 11.1 Å². The Morgan fingerprint density at radius 3 is 2.17 bits per heavy atom. The fourth-order valence-corrected chi connectivity index (χ4v) is 2.49. The van der Waals surface area contributed by atoms with Crippen LogP contribution in [0, 0.1) is 19.7 Å². The molecule has 120 valence electrons. The zero-order chi connectivity index (χ0) is 16.9. The second-order valence-corrected chi connectivity index (χ2v) is 5.69. The fourth-order valence-electron chi connectivity index (χ4n) is 2.49. The van der Waals surface area contributed by atoms with E-state index in [1.807, 2.05) is 42.5 Å². The average Bonchev–Trinajstić information content (AvgIpc) is 2.61. The Balaban J connectivity index is 2.01. The number of hydrogen-bond donors (Lipinski definition) is 1. The Morgan fingerprint density at radius 1 is 0.792 bits per heavy atom. The van der Waals surface area contributed by atoms with Crippen molar-refractivity contribution in [2.24, 2.45) is 5.10 Å². The molecule has 0 spiro atoms. The molecule has 0 amide bonds. The lowest BCUT2D eigenvalue weighted by Crippen LogP contribution is -2.07. The molecule has 0 aliphatic rings. The molecule has 0 unspecified atom stereocenters. The number of aryl methyl sites for hydroxylation is 1. The Morgan fingerprint density at radius 2 is 1.46 bits per heavy atom. The number of hydrogen-bond acceptors (Lipinski definition) is 2. The van der Waals surface area contributed by atoms with Crippen molar-refractivity contribution in [2.75, 3.05) is 5.43 Å². The van der Waals surface area contributed by atoms with E-state index in [0.717, 1.165) is 28.1 Å². The smallest absolute Gasteiger partial charge is 0.123 e. The third-order valence-corrected chi connectivity index (χ3v) is 4.06. The highest BCUT2D eigenvalue weighted by Gasteiger charge is 2.08. The Bertz CT molecular complexity index is 853. The standard InChI is InChI=1S/C21H19FN2/c1-15-7-6-10-20(16(15)2)23-24-21(17-8-4-3-5-9-17)18-11-13-19(22)14-12-18/h3-14,23H,1-2H3. The second kappa shape index (κ2) is 7.09. The Labute approximate surface area is 141 Å². The van der Waals surface area contributed by atoms with Crippen molar-refractivity contribution in [1.29, 1.82) is 0 Å². The van der Waals surface area contributed by atoms with Crippen molar-refractivity contribution in [3.05, 3.63) is 101 Å². The molecule has 3 aromatic rings. The van der Waals surface area contributed by atoms with Crippen molar-refractivity contribution in [3.63, 3.8) is 0 Å². The third kappa shape index (κ3) is 3.51. The first-order chi connectivity index (χ1) is 11.6. The Hall–Kier alpha value is -2.94. The Kier molecular flexibility index (Phi) is 4.71. The third-order valence-electron chi connectivity index (χ3n) is 4.06. The summed E-state index contributed by atoms with van der Waals surface area (Å²) in [5, 5.41) is 4.61. The molecule has 0 bridgehead atoms. The van der Waals surface area contributed by atoms with Crippen LogP contribution in [-0.4, -0.2) is 5.71 Å². The molecule has 2 nitrogen and oxygen atoms in total. The van der Waals surface area contributed by atoms with Gasteiger partial charge in [-0.1, -0.05) is 42.5 Å². The van der Waals surface area contributed by atoms with Crippen LogP contribution in [0.25, 0.3) is 0 Å². The van der Waals surface area contributed by atoms with E-state index in [0.29, 0.717) is 0 Å². The van der Waals surface area contributed by atoms with E-state index in [9.17, 15) is 4.39 Å². The van der Waals surface area contributed by atoms with Crippen molar-refractivity contribution < 1.29 is 4.39 Å². The predicted octanol–water partition coefficient (Wildman–Crippen LogP) is 5.31. The SMILES string of the molecule is Cc1cccc(NN=C(c2ccccc2)c2ccc(F)cc2)c1C. The van der Waals surface area contributed by atoms with Crippen LogP contribution in [0.5, 0.6) is 0 Å². The molecule has 0 saturated carbocycles. The maximum atomic E-state index is 13.2. The van der Waals surface area contributed by atoms with E-state index in [-0.39, 0.29) is 5.82 Å². The van der Waals surface area contributed by atoms with Crippen LogP contribution in [0.4, 0.5) is 10.1 Å². The van der Waals surface area contributed by atoms with Crippen LogP contribution >= 0.6 is 0 Å². The van der Waals surface area contributed by atoms with Gasteiger partial charge in [-0.3, -0.25) is 5.43 Å². The maximum Gasteiger partial charge on any atom is 0.123 e. The molecule has 0 radical (unpaired) electrons. The molecule has 0 saturated heterocycles. The number of halogens is 1. The lowest BCUT2D eigenvalue weighted by Gasteiger charge is -2.11. The molecular weight excluding hydrogens is 299 g/mol. The molecule has 3 aromatic carbocycles. The van der Waals surface area contributed by atoms with Crippen molar-refractivity contribution in [2.45, 2.75) is 13.8 Å². The lowest BCUT2D eigenvalue weighted by atomic mass is 10.0. The van der Waals surface area contributed by atoms with Gasteiger partial charge < -0.3 is 0 Å². The van der Waals surface area contributed by atoms with E-state index < -0.39 is 0 Å². The normalized spacial score (nSPS) is 11.4. The molecule has 24 heavy (non-hydrogen) atoms. The largest absolute Gasteiger partial charge is 0.278 e. The summed E-state index contributed by atoms with van der Waals surface area (Å²) in [6.45, 7) is 4.13. The minimum Gasteiger partial charge on any atom is -0.278 e. The van der Waals surface area contributed by atoms with Gasteiger partial charge in [-0.15, -0.1) is 0 Å². The van der Waals surface area contributed by atoms with E-state index in [1.165, 1.54) is 17.7 Å². The highest BCUT2D eigenvalue weighted by Crippen LogP contribution is 2.19. The summed E-state index contributed by atoms with van der Waals surface area (Å²) in [5.41, 5.74) is 9.10. The van der Waals surface area contributed by atoms with Gasteiger partial charge in [0.1, 0.15) is 5.82 Å². The van der Waals surface area contributed by atoms with Gasteiger partial charge in [0.15, 0.2) is 0 Å². The minimum atomic E-state index is -0.256. The molecular formula is C21H19FN2. The van der Waals surface area contributed by atoms with Gasteiger partial charge in [-0.05, 0) is 55.3 Å². The topological polar surface area (TPSA) is 24.4 Å². The van der Waals surface area contributed by atoms with Gasteiger partial charge in [0.25, 0.3) is 0 Å². The molecule has 0 aromatic heterocycles. The van der Waals surface area contributed by atoms with Crippen molar-refractivity contribution in [1.82, 2.24) is 0 Å². The number of rotatable bonds is 4. The summed E-state index contributed by atoms with van der Waals surface area (Å²) in [7, 11) is 0. The van der Waals surface area contributed by atoms with E-state index in [4.69, 9.17) is 0 Å². The molecule has 0 aliphatic heterocycles. The molecule has 3 heteroatoms. The molecule has 0 heterocycles.